The number of fused-ring (bicyclic) bond motifs is 1. The minimum Gasteiger partial charge on any atom is -0.353 e. The number of hydrogen-bond donors (Lipinski definition) is 1. The fraction of sp³-hybridized carbons (Fsp3) is 0.550. The van der Waals surface area contributed by atoms with Gasteiger partial charge in [0.05, 0.1) is 5.92 Å². The molecule has 3 rings (SSSR count). The highest BCUT2D eigenvalue weighted by Crippen LogP contribution is 2.34. The molecular formula is C20H27N3O3. The Morgan fingerprint density at radius 3 is 2.77 bits per heavy atom. The Hall–Kier alpha value is -2.37. The number of nitrogens with zero attached hydrogens (tertiary/aromatic N) is 2. The second-order valence-electron chi connectivity index (χ2n) is 7.19. The quantitative estimate of drug-likeness (QED) is 0.879. The van der Waals surface area contributed by atoms with Crippen LogP contribution in [0.25, 0.3) is 0 Å². The summed E-state index contributed by atoms with van der Waals surface area (Å²) in [5.41, 5.74) is 2.85. The minimum atomic E-state index is -0.303. The first-order valence-corrected chi connectivity index (χ1v) is 9.48. The van der Waals surface area contributed by atoms with Gasteiger partial charge in [0.1, 0.15) is 0 Å². The van der Waals surface area contributed by atoms with Gasteiger partial charge in [-0.25, -0.2) is 0 Å². The standard InChI is InChI=1S/C20H27N3O3/c1-4-13(3)21-20(26)15-11-19(25)23(12-15)16-6-7-17-14(10-16)8-9-22(17)18(24)5-2/h6-7,10,13,15H,4-5,8-9,11-12H2,1-3H3,(H,21,26)/t13-,15-/m1/s1. The van der Waals surface area contributed by atoms with Crippen LogP contribution in [-0.2, 0) is 20.8 Å². The Balaban J connectivity index is 1.73. The first-order chi connectivity index (χ1) is 12.4. The summed E-state index contributed by atoms with van der Waals surface area (Å²) in [5.74, 6) is -0.247. The Kier molecular flexibility index (Phi) is 5.30. The molecule has 0 bridgehead atoms. The number of rotatable bonds is 5. The molecule has 2 aliphatic rings. The SMILES string of the molecule is CCC(=O)N1CCc2cc(N3C[C@H](C(=O)N[C@H](C)CC)CC3=O)ccc21. The molecule has 3 amide bonds. The number of nitrogens with one attached hydrogen (secondary N) is 1. The monoisotopic (exact) mass is 357 g/mol. The van der Waals surface area contributed by atoms with Crippen LogP contribution in [0.5, 0.6) is 0 Å². The lowest BCUT2D eigenvalue weighted by Gasteiger charge is -2.20. The van der Waals surface area contributed by atoms with Crippen molar-refractivity contribution in [1.29, 1.82) is 0 Å². The van der Waals surface area contributed by atoms with Crippen LogP contribution >= 0.6 is 0 Å². The molecule has 0 aliphatic carbocycles. The molecule has 2 atom stereocenters. The Morgan fingerprint density at radius 2 is 2.08 bits per heavy atom. The first-order valence-electron chi connectivity index (χ1n) is 9.48. The van der Waals surface area contributed by atoms with Gasteiger partial charge < -0.3 is 15.1 Å². The molecule has 1 aromatic rings. The van der Waals surface area contributed by atoms with E-state index in [1.165, 1.54) is 0 Å². The third-order valence-electron chi connectivity index (χ3n) is 5.37. The van der Waals surface area contributed by atoms with Gasteiger partial charge in [-0.3, -0.25) is 14.4 Å². The van der Waals surface area contributed by atoms with E-state index in [2.05, 4.69) is 5.32 Å². The average molecular weight is 357 g/mol. The molecule has 2 heterocycles. The summed E-state index contributed by atoms with van der Waals surface area (Å²) in [4.78, 5) is 40.3. The van der Waals surface area contributed by atoms with E-state index in [0.717, 1.165) is 29.8 Å². The van der Waals surface area contributed by atoms with Crippen molar-refractivity contribution in [2.75, 3.05) is 22.9 Å². The molecule has 0 unspecified atom stereocenters. The van der Waals surface area contributed by atoms with Gasteiger partial charge >= 0.3 is 0 Å². The second kappa shape index (κ2) is 7.48. The van der Waals surface area contributed by atoms with Gasteiger partial charge in [0.25, 0.3) is 0 Å². The highest BCUT2D eigenvalue weighted by Gasteiger charge is 2.36. The molecular weight excluding hydrogens is 330 g/mol. The third kappa shape index (κ3) is 3.45. The van der Waals surface area contributed by atoms with Crippen LogP contribution < -0.4 is 15.1 Å². The lowest BCUT2D eigenvalue weighted by molar-refractivity contribution is -0.126. The number of carbonyl (C=O) groups is 3. The van der Waals surface area contributed by atoms with Gasteiger partial charge in [-0.2, -0.15) is 0 Å². The van der Waals surface area contributed by atoms with Gasteiger partial charge in [0, 0.05) is 43.3 Å². The Bertz CT molecular complexity index is 731. The van der Waals surface area contributed by atoms with Gasteiger partial charge in [-0.05, 0) is 43.5 Å². The predicted octanol–water partition coefficient (Wildman–Crippen LogP) is 2.25. The largest absolute Gasteiger partial charge is 0.353 e. The van der Waals surface area contributed by atoms with Crippen molar-refractivity contribution >= 4 is 29.1 Å². The molecule has 0 aromatic heterocycles. The highest BCUT2D eigenvalue weighted by atomic mass is 16.2. The molecule has 1 N–H and O–H groups in total. The molecule has 6 nitrogen and oxygen atoms in total. The number of amides is 3. The van der Waals surface area contributed by atoms with E-state index in [1.807, 2.05) is 43.9 Å². The van der Waals surface area contributed by atoms with Crippen molar-refractivity contribution in [3.8, 4) is 0 Å². The van der Waals surface area contributed by atoms with E-state index in [1.54, 1.807) is 4.90 Å². The maximum atomic E-state index is 12.4. The summed E-state index contributed by atoms with van der Waals surface area (Å²) in [6.07, 6.45) is 2.40. The van der Waals surface area contributed by atoms with Crippen molar-refractivity contribution in [2.45, 2.75) is 52.5 Å². The summed E-state index contributed by atoms with van der Waals surface area (Å²) in [6.45, 7) is 6.96. The Morgan fingerprint density at radius 1 is 1.31 bits per heavy atom. The molecule has 0 radical (unpaired) electrons. The van der Waals surface area contributed by atoms with E-state index >= 15 is 0 Å². The molecule has 0 spiro atoms. The number of carbonyl (C=O) groups excluding carboxylic acids is 3. The van der Waals surface area contributed by atoms with Gasteiger partial charge in [0.15, 0.2) is 0 Å². The summed E-state index contributed by atoms with van der Waals surface area (Å²) < 4.78 is 0. The fourth-order valence-corrected chi connectivity index (χ4v) is 3.60. The fourth-order valence-electron chi connectivity index (χ4n) is 3.60. The van der Waals surface area contributed by atoms with Crippen LogP contribution in [0.1, 0.15) is 45.6 Å². The van der Waals surface area contributed by atoms with Crippen LogP contribution in [0.3, 0.4) is 0 Å². The average Bonchev–Trinajstić information content (AvgIpc) is 3.23. The zero-order chi connectivity index (χ0) is 18.8. The van der Waals surface area contributed by atoms with Crippen LogP contribution in [0.4, 0.5) is 11.4 Å². The maximum Gasteiger partial charge on any atom is 0.227 e. The van der Waals surface area contributed by atoms with E-state index < -0.39 is 0 Å². The molecule has 1 aromatic carbocycles. The van der Waals surface area contributed by atoms with E-state index in [4.69, 9.17) is 0 Å². The predicted molar refractivity (Wildman–Crippen MR) is 101 cm³/mol. The number of hydrogen-bond acceptors (Lipinski definition) is 3. The summed E-state index contributed by atoms with van der Waals surface area (Å²) in [6, 6.07) is 5.91. The summed E-state index contributed by atoms with van der Waals surface area (Å²) in [7, 11) is 0. The second-order valence-corrected chi connectivity index (χ2v) is 7.19. The van der Waals surface area contributed by atoms with Crippen LogP contribution in [-0.4, -0.2) is 36.9 Å². The van der Waals surface area contributed by atoms with Crippen LogP contribution in [0, 0.1) is 5.92 Å². The molecule has 2 aliphatic heterocycles. The molecule has 26 heavy (non-hydrogen) atoms. The maximum absolute atomic E-state index is 12.4. The molecule has 6 heteroatoms. The molecule has 0 saturated carbocycles. The van der Waals surface area contributed by atoms with E-state index in [0.29, 0.717) is 19.5 Å². The topological polar surface area (TPSA) is 69.7 Å². The van der Waals surface area contributed by atoms with Gasteiger partial charge in [-0.15, -0.1) is 0 Å². The summed E-state index contributed by atoms with van der Waals surface area (Å²) >= 11 is 0. The Labute approximate surface area is 154 Å². The van der Waals surface area contributed by atoms with E-state index in [9.17, 15) is 14.4 Å². The normalized spacial score (nSPS) is 20.3. The van der Waals surface area contributed by atoms with Gasteiger partial charge in [0.2, 0.25) is 17.7 Å². The zero-order valence-electron chi connectivity index (χ0n) is 15.7. The van der Waals surface area contributed by atoms with Crippen LogP contribution in [0.15, 0.2) is 18.2 Å². The molecule has 140 valence electrons. The zero-order valence-corrected chi connectivity index (χ0v) is 15.7. The lowest BCUT2D eigenvalue weighted by atomic mass is 10.1. The van der Waals surface area contributed by atoms with Gasteiger partial charge in [-0.1, -0.05) is 13.8 Å². The van der Waals surface area contributed by atoms with Crippen molar-refractivity contribution < 1.29 is 14.4 Å². The highest BCUT2D eigenvalue weighted by molar-refractivity contribution is 6.01. The van der Waals surface area contributed by atoms with E-state index in [-0.39, 0.29) is 36.1 Å². The molecule has 1 saturated heterocycles. The van der Waals surface area contributed by atoms with Crippen molar-refractivity contribution in [1.82, 2.24) is 5.32 Å². The number of anilines is 2. The number of benzene rings is 1. The lowest BCUT2D eigenvalue weighted by Crippen LogP contribution is -2.38. The van der Waals surface area contributed by atoms with Crippen LogP contribution in [0.2, 0.25) is 0 Å². The molecule has 1 fully saturated rings. The third-order valence-corrected chi connectivity index (χ3v) is 5.37. The first kappa shape index (κ1) is 18.4. The smallest absolute Gasteiger partial charge is 0.227 e. The minimum absolute atomic E-state index is 0.0197. The van der Waals surface area contributed by atoms with Crippen molar-refractivity contribution in [3.63, 3.8) is 0 Å². The van der Waals surface area contributed by atoms with Crippen molar-refractivity contribution in [2.24, 2.45) is 5.92 Å². The van der Waals surface area contributed by atoms with Crippen molar-refractivity contribution in [3.05, 3.63) is 23.8 Å². The summed E-state index contributed by atoms with van der Waals surface area (Å²) in [5, 5.41) is 2.97.